The van der Waals surface area contributed by atoms with E-state index in [0.29, 0.717) is 18.0 Å². The molecule has 84 valence electrons. The number of aryl methyl sites for hydroxylation is 1. The second-order valence-electron chi connectivity index (χ2n) is 3.41. The molecule has 2 aromatic rings. The first-order chi connectivity index (χ1) is 7.75. The Balaban J connectivity index is 1.80. The summed E-state index contributed by atoms with van der Waals surface area (Å²) in [5, 5.41) is 8.47. The van der Waals surface area contributed by atoms with Gasteiger partial charge in [-0.2, -0.15) is 0 Å². The van der Waals surface area contributed by atoms with Crippen LogP contribution in [-0.2, 0) is 6.42 Å². The van der Waals surface area contributed by atoms with Crippen molar-refractivity contribution in [2.24, 2.45) is 0 Å². The minimum Gasteiger partial charge on any atom is -0.361 e. The second-order valence-corrected chi connectivity index (χ2v) is 4.44. The SMILES string of the molecule is Cc1cc(C(=O)NCCc2cccs2)no1. The molecular formula is C11H12N2O2S. The molecule has 0 bridgehead atoms. The minimum atomic E-state index is -0.187. The number of carbonyl (C=O) groups excluding carboxylic acids is 1. The number of aromatic nitrogens is 1. The fourth-order valence-corrected chi connectivity index (χ4v) is 2.03. The van der Waals surface area contributed by atoms with E-state index in [2.05, 4.69) is 16.5 Å². The molecule has 0 unspecified atom stereocenters. The molecule has 1 amide bonds. The van der Waals surface area contributed by atoms with Crippen molar-refractivity contribution >= 4 is 17.2 Å². The van der Waals surface area contributed by atoms with Crippen LogP contribution in [0.25, 0.3) is 0 Å². The van der Waals surface area contributed by atoms with Gasteiger partial charge < -0.3 is 9.84 Å². The Labute approximate surface area is 97.3 Å². The van der Waals surface area contributed by atoms with Crippen molar-refractivity contribution in [2.75, 3.05) is 6.54 Å². The number of amides is 1. The van der Waals surface area contributed by atoms with Crippen LogP contribution < -0.4 is 5.32 Å². The second kappa shape index (κ2) is 4.94. The fraction of sp³-hybridized carbons (Fsp3) is 0.273. The predicted molar refractivity (Wildman–Crippen MR) is 61.6 cm³/mol. The quantitative estimate of drug-likeness (QED) is 0.883. The first-order valence-electron chi connectivity index (χ1n) is 4.99. The number of thiophene rings is 1. The highest BCUT2D eigenvalue weighted by Gasteiger charge is 2.09. The Hall–Kier alpha value is -1.62. The van der Waals surface area contributed by atoms with Gasteiger partial charge in [-0.1, -0.05) is 11.2 Å². The average molecular weight is 236 g/mol. The lowest BCUT2D eigenvalue weighted by Crippen LogP contribution is -2.25. The van der Waals surface area contributed by atoms with E-state index in [1.807, 2.05) is 11.4 Å². The van der Waals surface area contributed by atoms with Crippen LogP contribution in [-0.4, -0.2) is 17.6 Å². The first-order valence-corrected chi connectivity index (χ1v) is 5.87. The standard InChI is InChI=1S/C11H12N2O2S/c1-8-7-10(13-15-8)11(14)12-5-4-9-3-2-6-16-9/h2-3,6-7H,4-5H2,1H3,(H,12,14). The van der Waals surface area contributed by atoms with Gasteiger partial charge in [0.15, 0.2) is 5.69 Å². The van der Waals surface area contributed by atoms with Crippen molar-refractivity contribution in [1.29, 1.82) is 0 Å². The highest BCUT2D eigenvalue weighted by Crippen LogP contribution is 2.08. The number of rotatable bonds is 4. The number of hydrogen-bond acceptors (Lipinski definition) is 4. The molecule has 0 atom stereocenters. The molecule has 2 heterocycles. The maximum atomic E-state index is 11.6. The highest BCUT2D eigenvalue weighted by atomic mass is 32.1. The van der Waals surface area contributed by atoms with E-state index in [9.17, 15) is 4.79 Å². The van der Waals surface area contributed by atoms with Crippen LogP contribution in [0, 0.1) is 6.92 Å². The number of hydrogen-bond donors (Lipinski definition) is 1. The maximum Gasteiger partial charge on any atom is 0.273 e. The third-order valence-electron chi connectivity index (χ3n) is 2.10. The van der Waals surface area contributed by atoms with Gasteiger partial charge in [0.1, 0.15) is 5.76 Å². The molecule has 0 radical (unpaired) electrons. The van der Waals surface area contributed by atoms with Crippen molar-refractivity contribution < 1.29 is 9.32 Å². The predicted octanol–water partition coefficient (Wildman–Crippen LogP) is 2.02. The van der Waals surface area contributed by atoms with Gasteiger partial charge >= 0.3 is 0 Å². The van der Waals surface area contributed by atoms with Gasteiger partial charge in [0, 0.05) is 17.5 Å². The smallest absolute Gasteiger partial charge is 0.273 e. The Morgan fingerprint density at radius 3 is 3.12 bits per heavy atom. The lowest BCUT2D eigenvalue weighted by molar-refractivity contribution is 0.0945. The summed E-state index contributed by atoms with van der Waals surface area (Å²) in [5.74, 6) is 0.455. The van der Waals surface area contributed by atoms with Gasteiger partial charge in [0.05, 0.1) is 0 Å². The Kier molecular flexibility index (Phi) is 3.36. The lowest BCUT2D eigenvalue weighted by Gasteiger charge is -2.00. The molecule has 0 aromatic carbocycles. The summed E-state index contributed by atoms with van der Waals surface area (Å²) in [6, 6.07) is 5.68. The average Bonchev–Trinajstić information content (AvgIpc) is 2.89. The number of nitrogens with one attached hydrogen (secondary N) is 1. The van der Waals surface area contributed by atoms with Crippen molar-refractivity contribution in [3.8, 4) is 0 Å². The normalized spacial score (nSPS) is 10.3. The van der Waals surface area contributed by atoms with Gasteiger partial charge in [0.2, 0.25) is 0 Å². The summed E-state index contributed by atoms with van der Waals surface area (Å²) >= 11 is 1.69. The van der Waals surface area contributed by atoms with Crippen molar-refractivity contribution in [2.45, 2.75) is 13.3 Å². The summed E-state index contributed by atoms with van der Waals surface area (Å²) in [6.45, 7) is 2.38. The molecule has 16 heavy (non-hydrogen) atoms. The zero-order valence-corrected chi connectivity index (χ0v) is 9.71. The van der Waals surface area contributed by atoms with Crippen LogP contribution in [0.15, 0.2) is 28.1 Å². The summed E-state index contributed by atoms with van der Waals surface area (Å²) in [6.07, 6.45) is 0.847. The van der Waals surface area contributed by atoms with Crippen molar-refractivity contribution in [1.82, 2.24) is 10.5 Å². The van der Waals surface area contributed by atoms with Crippen LogP contribution >= 0.6 is 11.3 Å². The third kappa shape index (κ3) is 2.70. The minimum absolute atomic E-state index is 0.187. The molecule has 0 aliphatic heterocycles. The van der Waals surface area contributed by atoms with Crippen LogP contribution in [0.4, 0.5) is 0 Å². The zero-order valence-electron chi connectivity index (χ0n) is 8.90. The van der Waals surface area contributed by atoms with E-state index in [4.69, 9.17) is 4.52 Å². The molecule has 0 aliphatic rings. The largest absolute Gasteiger partial charge is 0.361 e. The van der Waals surface area contributed by atoms with Crippen LogP contribution in [0.2, 0.25) is 0 Å². The van der Waals surface area contributed by atoms with E-state index < -0.39 is 0 Å². The third-order valence-corrected chi connectivity index (χ3v) is 3.03. The summed E-state index contributed by atoms with van der Waals surface area (Å²) < 4.78 is 4.83. The fourth-order valence-electron chi connectivity index (χ4n) is 1.32. The Morgan fingerprint density at radius 1 is 1.62 bits per heavy atom. The van der Waals surface area contributed by atoms with Gasteiger partial charge in [-0.05, 0) is 24.8 Å². The number of carbonyl (C=O) groups is 1. The molecule has 0 aliphatic carbocycles. The number of nitrogens with zero attached hydrogens (tertiary/aromatic N) is 1. The van der Waals surface area contributed by atoms with Crippen LogP contribution in [0.5, 0.6) is 0 Å². The topological polar surface area (TPSA) is 55.1 Å². The van der Waals surface area contributed by atoms with E-state index in [1.165, 1.54) is 4.88 Å². The van der Waals surface area contributed by atoms with E-state index in [0.717, 1.165) is 6.42 Å². The Morgan fingerprint density at radius 2 is 2.50 bits per heavy atom. The summed E-state index contributed by atoms with van der Waals surface area (Å²) in [5.41, 5.74) is 0.337. The summed E-state index contributed by atoms with van der Waals surface area (Å²) in [4.78, 5) is 12.8. The van der Waals surface area contributed by atoms with Crippen molar-refractivity contribution in [3.63, 3.8) is 0 Å². The molecule has 4 nitrogen and oxygen atoms in total. The van der Waals surface area contributed by atoms with Crippen LogP contribution in [0.3, 0.4) is 0 Å². The van der Waals surface area contributed by atoms with Crippen molar-refractivity contribution in [3.05, 3.63) is 39.9 Å². The molecule has 0 spiro atoms. The molecule has 0 saturated heterocycles. The van der Waals surface area contributed by atoms with Gasteiger partial charge in [-0.3, -0.25) is 4.79 Å². The molecule has 2 aromatic heterocycles. The summed E-state index contributed by atoms with van der Waals surface area (Å²) in [7, 11) is 0. The molecule has 5 heteroatoms. The molecule has 0 saturated carbocycles. The lowest BCUT2D eigenvalue weighted by atomic mass is 10.3. The molecule has 0 fully saturated rings. The van der Waals surface area contributed by atoms with E-state index in [-0.39, 0.29) is 5.91 Å². The Bertz CT molecular complexity index is 462. The highest BCUT2D eigenvalue weighted by molar-refractivity contribution is 7.09. The van der Waals surface area contributed by atoms with E-state index in [1.54, 1.807) is 24.3 Å². The maximum absolute atomic E-state index is 11.6. The zero-order chi connectivity index (χ0) is 11.4. The molecule has 1 N–H and O–H groups in total. The molecule has 2 rings (SSSR count). The van der Waals surface area contributed by atoms with Gasteiger partial charge in [0.25, 0.3) is 5.91 Å². The van der Waals surface area contributed by atoms with Crippen LogP contribution in [0.1, 0.15) is 21.1 Å². The van der Waals surface area contributed by atoms with Gasteiger partial charge in [-0.25, -0.2) is 0 Å². The first kappa shape index (κ1) is 10.9. The molecular weight excluding hydrogens is 224 g/mol. The van der Waals surface area contributed by atoms with E-state index >= 15 is 0 Å². The van der Waals surface area contributed by atoms with Gasteiger partial charge in [-0.15, -0.1) is 11.3 Å². The monoisotopic (exact) mass is 236 g/mol.